The minimum Gasteiger partial charge on any atom is -0.404 e. The topological polar surface area (TPSA) is 26.3 Å². The third kappa shape index (κ3) is 4.92. The van der Waals surface area contributed by atoms with E-state index in [1.54, 1.807) is 12.1 Å². The standard InChI is InChI=1S/C14H21ClO2Si/c1-11(2)10-18(3,4)17-14(9-16)12-6-5-7-13(15)8-12/h5-9,11,14H,10H2,1-4H3. The Hall–Kier alpha value is -0.643. The van der Waals surface area contributed by atoms with Crippen molar-refractivity contribution in [3.8, 4) is 0 Å². The molecule has 4 heteroatoms. The van der Waals surface area contributed by atoms with Crippen LogP contribution in [0.4, 0.5) is 0 Å². The molecule has 0 aromatic heterocycles. The van der Waals surface area contributed by atoms with Gasteiger partial charge in [-0.25, -0.2) is 0 Å². The highest BCUT2D eigenvalue weighted by Crippen LogP contribution is 2.26. The van der Waals surface area contributed by atoms with Gasteiger partial charge in [0.25, 0.3) is 0 Å². The van der Waals surface area contributed by atoms with Crippen LogP contribution in [0.2, 0.25) is 24.2 Å². The SMILES string of the molecule is CC(C)C[Si](C)(C)OC(C=O)c1cccc(Cl)c1. The van der Waals surface area contributed by atoms with E-state index < -0.39 is 14.4 Å². The zero-order valence-corrected chi connectivity index (χ0v) is 13.2. The highest BCUT2D eigenvalue weighted by atomic mass is 35.5. The Kier molecular flexibility index (Phi) is 5.57. The van der Waals surface area contributed by atoms with E-state index in [2.05, 4.69) is 26.9 Å². The molecular formula is C14H21ClO2Si. The van der Waals surface area contributed by atoms with Gasteiger partial charge >= 0.3 is 0 Å². The Labute approximate surface area is 115 Å². The van der Waals surface area contributed by atoms with Gasteiger partial charge in [-0.05, 0) is 42.8 Å². The first-order chi connectivity index (χ1) is 8.34. The van der Waals surface area contributed by atoms with Crippen molar-refractivity contribution >= 4 is 26.2 Å². The summed E-state index contributed by atoms with van der Waals surface area (Å²) in [7, 11) is -1.82. The van der Waals surface area contributed by atoms with E-state index in [0.717, 1.165) is 17.9 Å². The largest absolute Gasteiger partial charge is 0.404 e. The molecule has 100 valence electrons. The van der Waals surface area contributed by atoms with E-state index in [9.17, 15) is 4.79 Å². The van der Waals surface area contributed by atoms with Crippen molar-refractivity contribution in [1.82, 2.24) is 0 Å². The number of hydrogen-bond donors (Lipinski definition) is 0. The summed E-state index contributed by atoms with van der Waals surface area (Å²) >= 11 is 5.94. The van der Waals surface area contributed by atoms with Gasteiger partial charge in [0.15, 0.2) is 14.6 Å². The second kappa shape index (κ2) is 6.50. The summed E-state index contributed by atoms with van der Waals surface area (Å²) in [6.45, 7) is 8.64. The first-order valence-electron chi connectivity index (χ1n) is 6.22. The van der Waals surface area contributed by atoms with Crippen molar-refractivity contribution in [2.24, 2.45) is 5.92 Å². The predicted octanol–water partition coefficient (Wildman–Crippen LogP) is 4.46. The van der Waals surface area contributed by atoms with Crippen molar-refractivity contribution in [2.45, 2.75) is 39.1 Å². The van der Waals surface area contributed by atoms with Crippen LogP contribution in [0, 0.1) is 5.92 Å². The Morgan fingerprint density at radius 1 is 1.39 bits per heavy atom. The van der Waals surface area contributed by atoms with Gasteiger partial charge in [0.2, 0.25) is 0 Å². The van der Waals surface area contributed by atoms with E-state index in [-0.39, 0.29) is 0 Å². The third-order valence-electron chi connectivity index (χ3n) is 2.65. The molecule has 0 bridgehead atoms. The summed E-state index contributed by atoms with van der Waals surface area (Å²) in [6, 6.07) is 8.35. The lowest BCUT2D eigenvalue weighted by molar-refractivity contribution is -0.114. The Morgan fingerprint density at radius 2 is 2.06 bits per heavy atom. The molecule has 18 heavy (non-hydrogen) atoms. The number of benzene rings is 1. The quantitative estimate of drug-likeness (QED) is 0.569. The molecule has 1 rings (SSSR count). The minimum atomic E-state index is -1.82. The summed E-state index contributed by atoms with van der Waals surface area (Å²) in [5.41, 5.74) is 0.835. The third-order valence-corrected chi connectivity index (χ3v) is 5.57. The summed E-state index contributed by atoms with van der Waals surface area (Å²) in [6.07, 6.45) is 0.366. The van der Waals surface area contributed by atoms with Gasteiger partial charge in [0, 0.05) is 5.02 Å². The van der Waals surface area contributed by atoms with E-state index in [1.165, 1.54) is 0 Å². The number of aldehydes is 1. The molecule has 0 saturated carbocycles. The van der Waals surface area contributed by atoms with Crippen molar-refractivity contribution < 1.29 is 9.22 Å². The lowest BCUT2D eigenvalue weighted by Gasteiger charge is -2.28. The molecule has 0 N–H and O–H groups in total. The molecule has 0 amide bonds. The molecular weight excluding hydrogens is 264 g/mol. The molecule has 0 aliphatic heterocycles. The fourth-order valence-corrected chi connectivity index (χ4v) is 5.37. The minimum absolute atomic E-state index is 0.496. The van der Waals surface area contributed by atoms with Gasteiger partial charge in [0.1, 0.15) is 6.10 Å². The molecule has 1 aromatic rings. The lowest BCUT2D eigenvalue weighted by atomic mass is 10.1. The highest BCUT2D eigenvalue weighted by Gasteiger charge is 2.28. The number of halogens is 1. The van der Waals surface area contributed by atoms with Crippen LogP contribution in [0.1, 0.15) is 25.5 Å². The number of rotatable bonds is 6. The van der Waals surface area contributed by atoms with Crippen molar-refractivity contribution in [2.75, 3.05) is 0 Å². The maximum Gasteiger partial charge on any atom is 0.188 e. The normalized spacial score (nSPS) is 13.7. The average Bonchev–Trinajstić information content (AvgIpc) is 2.24. The molecule has 2 nitrogen and oxygen atoms in total. The van der Waals surface area contributed by atoms with Crippen molar-refractivity contribution in [1.29, 1.82) is 0 Å². The molecule has 0 heterocycles. The molecule has 0 radical (unpaired) electrons. The molecule has 1 atom stereocenters. The molecule has 1 unspecified atom stereocenters. The van der Waals surface area contributed by atoms with Gasteiger partial charge < -0.3 is 9.22 Å². The van der Waals surface area contributed by atoms with Gasteiger partial charge in [-0.1, -0.05) is 37.6 Å². The van der Waals surface area contributed by atoms with E-state index in [0.29, 0.717) is 10.9 Å². The Morgan fingerprint density at radius 3 is 2.56 bits per heavy atom. The van der Waals surface area contributed by atoms with E-state index in [4.69, 9.17) is 16.0 Å². The van der Waals surface area contributed by atoms with Crippen LogP contribution < -0.4 is 0 Å². The summed E-state index contributed by atoms with van der Waals surface area (Å²) in [5.74, 6) is 0.582. The van der Waals surface area contributed by atoms with Crippen LogP contribution in [0.15, 0.2) is 24.3 Å². The van der Waals surface area contributed by atoms with Gasteiger partial charge in [-0.15, -0.1) is 0 Å². The molecule has 1 aromatic carbocycles. The van der Waals surface area contributed by atoms with Gasteiger partial charge in [-0.3, -0.25) is 0 Å². The maximum absolute atomic E-state index is 11.2. The van der Waals surface area contributed by atoms with E-state index >= 15 is 0 Å². The van der Waals surface area contributed by atoms with E-state index in [1.807, 2.05) is 12.1 Å². The van der Waals surface area contributed by atoms with Gasteiger partial charge in [-0.2, -0.15) is 0 Å². The number of carbonyl (C=O) groups is 1. The van der Waals surface area contributed by atoms with Crippen molar-refractivity contribution in [3.05, 3.63) is 34.9 Å². The van der Waals surface area contributed by atoms with Crippen LogP contribution in [-0.2, 0) is 9.22 Å². The predicted molar refractivity (Wildman–Crippen MR) is 78.5 cm³/mol. The first kappa shape index (κ1) is 15.4. The first-order valence-corrected chi connectivity index (χ1v) is 9.72. The molecule has 0 aliphatic carbocycles. The van der Waals surface area contributed by atoms with Crippen LogP contribution in [-0.4, -0.2) is 14.6 Å². The number of carbonyl (C=O) groups excluding carboxylic acids is 1. The maximum atomic E-state index is 11.2. The highest BCUT2D eigenvalue weighted by molar-refractivity contribution is 6.71. The lowest BCUT2D eigenvalue weighted by Crippen LogP contribution is -2.34. The summed E-state index contributed by atoms with van der Waals surface area (Å²) in [4.78, 5) is 11.2. The molecule has 0 spiro atoms. The number of hydrogen-bond acceptors (Lipinski definition) is 2. The summed E-state index contributed by atoms with van der Waals surface area (Å²) < 4.78 is 6.05. The fraction of sp³-hybridized carbons (Fsp3) is 0.500. The Balaban J connectivity index is 2.82. The fourth-order valence-electron chi connectivity index (χ4n) is 2.23. The van der Waals surface area contributed by atoms with Crippen LogP contribution in [0.5, 0.6) is 0 Å². The second-order valence-corrected chi connectivity index (χ2v) is 10.2. The molecule has 0 saturated heterocycles. The van der Waals surface area contributed by atoms with Crippen molar-refractivity contribution in [3.63, 3.8) is 0 Å². The molecule has 0 aliphatic rings. The monoisotopic (exact) mass is 284 g/mol. The second-order valence-electron chi connectivity index (χ2n) is 5.59. The van der Waals surface area contributed by atoms with Crippen LogP contribution >= 0.6 is 11.6 Å². The van der Waals surface area contributed by atoms with Crippen LogP contribution in [0.25, 0.3) is 0 Å². The smallest absolute Gasteiger partial charge is 0.188 e. The molecule has 0 fully saturated rings. The average molecular weight is 285 g/mol. The zero-order valence-electron chi connectivity index (χ0n) is 11.4. The van der Waals surface area contributed by atoms with Gasteiger partial charge in [0.05, 0.1) is 0 Å². The summed E-state index contributed by atoms with van der Waals surface area (Å²) in [5, 5.41) is 0.631. The van der Waals surface area contributed by atoms with Crippen LogP contribution in [0.3, 0.4) is 0 Å². The Bertz CT molecular complexity index is 405. The zero-order chi connectivity index (χ0) is 13.8.